The van der Waals surface area contributed by atoms with Crippen LogP contribution in [0.5, 0.6) is 0 Å². The molecular weight excluding hydrogens is 340 g/mol. The Balaban J connectivity index is 0.00000312. The van der Waals surface area contributed by atoms with Crippen LogP contribution in [0.25, 0.3) is 0 Å². The number of rotatable bonds is 5. The van der Waals surface area contributed by atoms with Crippen LogP contribution in [-0.4, -0.2) is 78.4 Å². The van der Waals surface area contributed by atoms with Crippen LogP contribution in [0.15, 0.2) is 0 Å². The molecule has 0 aromatic rings. The molecule has 2 fully saturated rings. The highest BCUT2D eigenvalue weighted by Crippen LogP contribution is 2.22. The molecule has 7 heteroatoms. The van der Waals surface area contributed by atoms with Crippen LogP contribution in [-0.2, 0) is 9.59 Å². The summed E-state index contributed by atoms with van der Waals surface area (Å²) in [5.41, 5.74) is 5.97. The lowest BCUT2D eigenvalue weighted by molar-refractivity contribution is -0.136. The molecule has 0 saturated carbocycles. The Morgan fingerprint density at radius 3 is 2.04 bits per heavy atom. The summed E-state index contributed by atoms with van der Waals surface area (Å²) in [6.07, 6.45) is 2.46. The molecule has 2 saturated heterocycles. The van der Waals surface area contributed by atoms with Crippen molar-refractivity contribution in [3.63, 3.8) is 0 Å². The zero-order valence-electron chi connectivity index (χ0n) is 15.9. The Kier molecular flexibility index (Phi) is 9.17. The summed E-state index contributed by atoms with van der Waals surface area (Å²) in [6, 6.07) is -0.405. The minimum atomic E-state index is -0.405. The van der Waals surface area contributed by atoms with E-state index in [9.17, 15) is 9.59 Å². The minimum Gasteiger partial charge on any atom is -0.341 e. The van der Waals surface area contributed by atoms with Crippen LogP contribution in [0.3, 0.4) is 0 Å². The first-order valence-corrected chi connectivity index (χ1v) is 9.46. The van der Waals surface area contributed by atoms with Gasteiger partial charge < -0.3 is 20.4 Å². The minimum absolute atomic E-state index is 0. The van der Waals surface area contributed by atoms with Crippen LogP contribution >= 0.6 is 12.4 Å². The fourth-order valence-electron chi connectivity index (χ4n) is 3.54. The van der Waals surface area contributed by atoms with E-state index in [4.69, 9.17) is 5.73 Å². The van der Waals surface area contributed by atoms with E-state index in [0.717, 1.165) is 58.7 Å². The smallest absolute Gasteiger partial charge is 0.239 e. The number of halogens is 1. The second-order valence-electron chi connectivity index (χ2n) is 7.56. The van der Waals surface area contributed by atoms with Crippen molar-refractivity contribution in [1.82, 2.24) is 14.7 Å². The number of piperazine rings is 1. The predicted molar refractivity (Wildman–Crippen MR) is 103 cm³/mol. The number of hydrogen-bond donors (Lipinski definition) is 1. The molecule has 0 aliphatic carbocycles. The van der Waals surface area contributed by atoms with Crippen LogP contribution < -0.4 is 5.73 Å². The molecule has 6 nitrogen and oxygen atoms in total. The number of nitrogens with zero attached hydrogens (tertiary/aromatic N) is 3. The second kappa shape index (κ2) is 10.3. The molecular formula is C18H35ClN4O2. The van der Waals surface area contributed by atoms with Crippen molar-refractivity contribution >= 4 is 24.2 Å². The predicted octanol–water partition coefficient (Wildman–Crippen LogP) is 1.18. The van der Waals surface area contributed by atoms with E-state index >= 15 is 0 Å². The molecule has 2 heterocycles. The Bertz CT molecular complexity index is 431. The summed E-state index contributed by atoms with van der Waals surface area (Å²) in [4.78, 5) is 31.1. The third kappa shape index (κ3) is 6.12. The fourth-order valence-corrected chi connectivity index (χ4v) is 3.54. The fraction of sp³-hybridized carbons (Fsp3) is 0.889. The Labute approximate surface area is 158 Å². The summed E-state index contributed by atoms with van der Waals surface area (Å²) in [6.45, 7) is 12.3. The topological polar surface area (TPSA) is 69.9 Å². The number of likely N-dealkylation sites (tertiary alicyclic amines) is 1. The lowest BCUT2D eigenvalue weighted by atomic mass is 9.92. The van der Waals surface area contributed by atoms with Gasteiger partial charge >= 0.3 is 0 Å². The van der Waals surface area contributed by atoms with E-state index in [1.165, 1.54) is 0 Å². The van der Waals surface area contributed by atoms with Gasteiger partial charge in [0.15, 0.2) is 0 Å². The van der Waals surface area contributed by atoms with Crippen molar-refractivity contribution in [3.8, 4) is 0 Å². The maximum absolute atomic E-state index is 12.5. The van der Waals surface area contributed by atoms with Gasteiger partial charge in [-0.3, -0.25) is 9.59 Å². The summed E-state index contributed by atoms with van der Waals surface area (Å²) < 4.78 is 0. The zero-order chi connectivity index (χ0) is 17.7. The lowest BCUT2D eigenvalue weighted by Crippen LogP contribution is -2.50. The van der Waals surface area contributed by atoms with Crippen molar-refractivity contribution in [2.75, 3.05) is 45.8 Å². The molecule has 146 valence electrons. The molecule has 2 rings (SSSR count). The van der Waals surface area contributed by atoms with E-state index < -0.39 is 6.04 Å². The number of likely N-dealkylation sites (N-methyl/N-ethyl adjacent to an activating group) is 1. The number of piperidine rings is 1. The van der Waals surface area contributed by atoms with Crippen molar-refractivity contribution in [3.05, 3.63) is 0 Å². The summed E-state index contributed by atoms with van der Waals surface area (Å²) in [5, 5.41) is 0. The number of hydrogen-bond acceptors (Lipinski definition) is 4. The van der Waals surface area contributed by atoms with Gasteiger partial charge in [-0.2, -0.15) is 0 Å². The van der Waals surface area contributed by atoms with Crippen molar-refractivity contribution in [2.45, 2.75) is 46.1 Å². The first kappa shape index (κ1) is 22.2. The van der Waals surface area contributed by atoms with E-state index in [1.807, 2.05) is 23.6 Å². The van der Waals surface area contributed by atoms with Gasteiger partial charge in [-0.1, -0.05) is 20.8 Å². The molecule has 0 bridgehead atoms. The first-order chi connectivity index (χ1) is 11.4. The molecule has 2 aliphatic heterocycles. The number of carbonyl (C=O) groups is 2. The average Bonchev–Trinajstić information content (AvgIpc) is 2.61. The number of nitrogens with two attached hydrogens (primary N) is 1. The zero-order valence-corrected chi connectivity index (χ0v) is 16.8. The summed E-state index contributed by atoms with van der Waals surface area (Å²) in [5.74, 6) is 0.916. The Morgan fingerprint density at radius 1 is 1.00 bits per heavy atom. The maximum Gasteiger partial charge on any atom is 0.239 e. The third-order valence-electron chi connectivity index (χ3n) is 5.57. The molecule has 0 aromatic heterocycles. The van der Waals surface area contributed by atoms with Gasteiger partial charge in [0.05, 0.1) is 6.04 Å². The van der Waals surface area contributed by atoms with Gasteiger partial charge in [0.2, 0.25) is 11.8 Å². The second-order valence-corrected chi connectivity index (χ2v) is 7.56. The van der Waals surface area contributed by atoms with Crippen LogP contribution in [0.4, 0.5) is 0 Å². The third-order valence-corrected chi connectivity index (χ3v) is 5.57. The molecule has 0 spiro atoms. The summed E-state index contributed by atoms with van der Waals surface area (Å²) >= 11 is 0. The van der Waals surface area contributed by atoms with Crippen molar-refractivity contribution in [2.24, 2.45) is 17.6 Å². The standard InChI is InChI=1S/C18H34N4O2.ClH/c1-4-20-9-11-21(12-10-20)16(23)13-15-5-7-22(8-6-15)18(24)17(19)14(2)3;/h14-15,17H,4-13,19H2,1-3H3;1H/t17-;/m0./s1. The Hall–Kier alpha value is -0.850. The molecule has 2 N–H and O–H groups in total. The molecule has 2 amide bonds. The molecule has 1 atom stereocenters. The van der Waals surface area contributed by atoms with Gasteiger partial charge in [0.25, 0.3) is 0 Å². The summed E-state index contributed by atoms with van der Waals surface area (Å²) in [7, 11) is 0. The van der Waals surface area contributed by atoms with E-state index in [1.54, 1.807) is 0 Å². The number of carbonyl (C=O) groups excluding carboxylic acids is 2. The average molecular weight is 375 g/mol. The highest BCUT2D eigenvalue weighted by Gasteiger charge is 2.29. The SMILES string of the molecule is CCN1CCN(C(=O)CC2CCN(C(=O)[C@@H](N)C(C)C)CC2)CC1.Cl. The van der Waals surface area contributed by atoms with E-state index in [-0.39, 0.29) is 30.1 Å². The van der Waals surface area contributed by atoms with Gasteiger partial charge in [-0.15, -0.1) is 12.4 Å². The molecule has 25 heavy (non-hydrogen) atoms. The van der Waals surface area contributed by atoms with Crippen LogP contribution in [0.1, 0.15) is 40.0 Å². The number of amides is 2. The van der Waals surface area contributed by atoms with Crippen molar-refractivity contribution < 1.29 is 9.59 Å². The van der Waals surface area contributed by atoms with E-state index in [2.05, 4.69) is 11.8 Å². The van der Waals surface area contributed by atoms with Gasteiger partial charge in [0, 0.05) is 45.7 Å². The van der Waals surface area contributed by atoms with Crippen LogP contribution in [0.2, 0.25) is 0 Å². The molecule has 0 radical (unpaired) electrons. The largest absolute Gasteiger partial charge is 0.341 e. The molecule has 2 aliphatic rings. The van der Waals surface area contributed by atoms with Crippen LogP contribution in [0, 0.1) is 11.8 Å². The first-order valence-electron chi connectivity index (χ1n) is 9.46. The van der Waals surface area contributed by atoms with Gasteiger partial charge in [-0.05, 0) is 31.2 Å². The lowest BCUT2D eigenvalue weighted by Gasteiger charge is -2.37. The monoisotopic (exact) mass is 374 g/mol. The van der Waals surface area contributed by atoms with E-state index in [0.29, 0.717) is 12.3 Å². The molecule has 0 unspecified atom stereocenters. The Morgan fingerprint density at radius 2 is 1.56 bits per heavy atom. The van der Waals surface area contributed by atoms with Gasteiger partial charge in [0.1, 0.15) is 0 Å². The van der Waals surface area contributed by atoms with Gasteiger partial charge in [-0.25, -0.2) is 0 Å². The quantitative estimate of drug-likeness (QED) is 0.784. The highest BCUT2D eigenvalue weighted by atomic mass is 35.5. The molecule has 0 aromatic carbocycles. The normalized spacial score (nSPS) is 21.2. The van der Waals surface area contributed by atoms with Crippen molar-refractivity contribution in [1.29, 1.82) is 0 Å². The highest BCUT2D eigenvalue weighted by molar-refractivity contribution is 5.85. The maximum atomic E-state index is 12.5.